The van der Waals surface area contributed by atoms with Gasteiger partial charge in [-0.05, 0) is 25.0 Å². The number of alkyl halides is 3. The van der Waals surface area contributed by atoms with E-state index in [1.54, 1.807) is 12.1 Å². The van der Waals surface area contributed by atoms with E-state index in [4.69, 9.17) is 4.42 Å². The number of piperidine rings is 1. The molecular weight excluding hydrogens is 457 g/mol. The van der Waals surface area contributed by atoms with E-state index in [2.05, 4.69) is 20.0 Å². The number of furan rings is 1. The lowest BCUT2D eigenvalue weighted by molar-refractivity contribution is -0.227. The average Bonchev–Trinajstić information content (AvgIpc) is 3.29. The van der Waals surface area contributed by atoms with Crippen LogP contribution in [0.4, 0.5) is 19.0 Å². The Morgan fingerprint density at radius 3 is 2.53 bits per heavy atom. The van der Waals surface area contributed by atoms with Crippen LogP contribution >= 0.6 is 0 Å². The van der Waals surface area contributed by atoms with Gasteiger partial charge in [-0.1, -0.05) is 20.8 Å². The normalized spacial score (nSPS) is 16.3. The highest BCUT2D eigenvalue weighted by atomic mass is 19.4. The van der Waals surface area contributed by atoms with Crippen LogP contribution in [-0.4, -0.2) is 57.4 Å². The van der Waals surface area contributed by atoms with Crippen LogP contribution in [0.3, 0.4) is 0 Å². The zero-order valence-electron chi connectivity index (χ0n) is 19.1. The fourth-order valence-corrected chi connectivity index (χ4v) is 3.45. The molecule has 0 spiro atoms. The molecule has 0 saturated carbocycles. The summed E-state index contributed by atoms with van der Waals surface area (Å²) in [7, 11) is 0. The number of halogens is 3. The second kappa shape index (κ2) is 10.00. The molecule has 12 heteroatoms. The van der Waals surface area contributed by atoms with Crippen LogP contribution in [0.5, 0.6) is 0 Å². The van der Waals surface area contributed by atoms with Gasteiger partial charge in [0.2, 0.25) is 6.29 Å². The summed E-state index contributed by atoms with van der Waals surface area (Å²) in [5.41, 5.74) is -0.118. The number of aliphatic hydroxyl groups is 1. The van der Waals surface area contributed by atoms with E-state index >= 15 is 0 Å². The van der Waals surface area contributed by atoms with Crippen LogP contribution in [0.25, 0.3) is 0 Å². The van der Waals surface area contributed by atoms with Gasteiger partial charge in [-0.25, -0.2) is 14.8 Å². The van der Waals surface area contributed by atoms with E-state index < -0.39 is 24.4 Å². The van der Waals surface area contributed by atoms with Gasteiger partial charge in [0.1, 0.15) is 23.0 Å². The standard InChI is InChI=1S/C22H27F3N4O5/c1-21(2,3)19-27-12-15(16(28-19)26-11-14-5-4-10-33-14)17(30)29-8-6-13(7-9-29)18(31)34-20(32)22(23,24)25/h4-5,10,12-13,18,31H,6-9,11H2,1-3H3,(H,26,27,28). The molecule has 1 unspecified atom stereocenters. The van der Waals surface area contributed by atoms with E-state index in [1.807, 2.05) is 20.8 Å². The molecule has 2 aromatic rings. The van der Waals surface area contributed by atoms with Crippen molar-refractivity contribution in [1.29, 1.82) is 0 Å². The Balaban J connectivity index is 1.69. The van der Waals surface area contributed by atoms with Crippen LogP contribution in [0.15, 0.2) is 29.0 Å². The molecule has 0 aliphatic carbocycles. The number of amides is 1. The summed E-state index contributed by atoms with van der Waals surface area (Å²) in [4.78, 5) is 34.6. The van der Waals surface area contributed by atoms with Gasteiger partial charge < -0.3 is 24.5 Å². The molecule has 3 rings (SSSR count). The lowest BCUT2D eigenvalue weighted by atomic mass is 9.95. The number of hydrogen-bond acceptors (Lipinski definition) is 8. The highest BCUT2D eigenvalue weighted by molar-refractivity contribution is 5.98. The first-order valence-electron chi connectivity index (χ1n) is 10.7. The number of rotatable bonds is 6. The van der Waals surface area contributed by atoms with Crippen molar-refractivity contribution in [3.05, 3.63) is 41.7 Å². The van der Waals surface area contributed by atoms with Crippen molar-refractivity contribution >= 4 is 17.7 Å². The van der Waals surface area contributed by atoms with Crippen molar-refractivity contribution in [2.45, 2.75) is 58.0 Å². The van der Waals surface area contributed by atoms with Crippen LogP contribution in [0, 0.1) is 5.92 Å². The van der Waals surface area contributed by atoms with E-state index in [0.717, 1.165) is 0 Å². The third kappa shape index (κ3) is 6.25. The molecule has 2 N–H and O–H groups in total. The number of esters is 1. The zero-order chi connectivity index (χ0) is 25.1. The van der Waals surface area contributed by atoms with Crippen molar-refractivity contribution in [2.75, 3.05) is 18.4 Å². The smallest absolute Gasteiger partial charge is 0.467 e. The second-order valence-electron chi connectivity index (χ2n) is 9.06. The first kappa shape index (κ1) is 25.5. The van der Waals surface area contributed by atoms with Crippen LogP contribution in [0.1, 0.15) is 55.6 Å². The fraction of sp³-hybridized carbons (Fsp3) is 0.545. The third-order valence-corrected chi connectivity index (χ3v) is 5.39. The number of carbonyl (C=O) groups is 2. The summed E-state index contributed by atoms with van der Waals surface area (Å²) in [6.45, 7) is 6.45. The number of anilines is 1. The van der Waals surface area contributed by atoms with Crippen molar-refractivity contribution in [3.8, 4) is 0 Å². The molecule has 0 radical (unpaired) electrons. The van der Waals surface area contributed by atoms with Gasteiger partial charge in [-0.15, -0.1) is 0 Å². The molecular formula is C22H27F3N4O5. The highest BCUT2D eigenvalue weighted by Crippen LogP contribution is 2.27. The molecule has 1 saturated heterocycles. The number of nitrogens with zero attached hydrogens (tertiary/aromatic N) is 3. The highest BCUT2D eigenvalue weighted by Gasteiger charge is 2.43. The van der Waals surface area contributed by atoms with Gasteiger partial charge >= 0.3 is 12.1 Å². The van der Waals surface area contributed by atoms with Crippen molar-refractivity contribution in [2.24, 2.45) is 5.92 Å². The van der Waals surface area contributed by atoms with Gasteiger partial charge in [-0.3, -0.25) is 4.79 Å². The molecule has 9 nitrogen and oxygen atoms in total. The zero-order valence-corrected chi connectivity index (χ0v) is 19.1. The lowest BCUT2D eigenvalue weighted by Gasteiger charge is -2.34. The van der Waals surface area contributed by atoms with E-state index in [-0.39, 0.29) is 42.8 Å². The molecule has 1 aliphatic rings. The molecule has 0 bridgehead atoms. The quantitative estimate of drug-likeness (QED) is 0.474. The number of carbonyl (C=O) groups excluding carboxylic acids is 2. The maximum atomic E-state index is 13.2. The average molecular weight is 484 g/mol. The van der Waals surface area contributed by atoms with Gasteiger partial charge in [0.15, 0.2) is 0 Å². The maximum absolute atomic E-state index is 13.2. The Morgan fingerprint density at radius 1 is 1.29 bits per heavy atom. The monoisotopic (exact) mass is 484 g/mol. The summed E-state index contributed by atoms with van der Waals surface area (Å²) < 4.78 is 46.5. The number of aliphatic hydroxyl groups excluding tert-OH is 1. The summed E-state index contributed by atoms with van der Waals surface area (Å²) in [5, 5.41) is 13.0. The number of hydrogen-bond donors (Lipinski definition) is 2. The Bertz CT molecular complexity index is 997. The van der Waals surface area contributed by atoms with Gasteiger partial charge in [0.25, 0.3) is 5.91 Å². The van der Waals surface area contributed by atoms with Crippen LogP contribution < -0.4 is 5.32 Å². The Morgan fingerprint density at radius 2 is 1.97 bits per heavy atom. The predicted octanol–water partition coefficient (Wildman–Crippen LogP) is 3.26. The van der Waals surface area contributed by atoms with E-state index in [0.29, 0.717) is 23.9 Å². The minimum Gasteiger partial charge on any atom is -0.467 e. The molecule has 1 fully saturated rings. The van der Waals surface area contributed by atoms with Gasteiger partial charge in [0.05, 0.1) is 12.8 Å². The lowest BCUT2D eigenvalue weighted by Crippen LogP contribution is -2.43. The summed E-state index contributed by atoms with van der Waals surface area (Å²) >= 11 is 0. The second-order valence-corrected chi connectivity index (χ2v) is 9.06. The molecule has 0 aromatic carbocycles. The number of nitrogens with one attached hydrogen (secondary N) is 1. The fourth-order valence-electron chi connectivity index (χ4n) is 3.45. The SMILES string of the molecule is CC(C)(C)c1ncc(C(=O)N2CCC(C(O)OC(=O)C(F)(F)F)CC2)c(NCc2ccco2)n1. The van der Waals surface area contributed by atoms with Crippen molar-refractivity contribution < 1.29 is 37.0 Å². The first-order chi connectivity index (χ1) is 15.9. The van der Waals surface area contributed by atoms with E-state index in [9.17, 15) is 27.9 Å². The Kier molecular flexibility index (Phi) is 7.49. The van der Waals surface area contributed by atoms with E-state index in [1.165, 1.54) is 17.4 Å². The Labute approximate surface area is 194 Å². The van der Waals surface area contributed by atoms with Crippen LogP contribution in [0.2, 0.25) is 0 Å². The first-order valence-corrected chi connectivity index (χ1v) is 10.7. The summed E-state index contributed by atoms with van der Waals surface area (Å²) in [6, 6.07) is 3.52. The molecule has 3 heterocycles. The predicted molar refractivity (Wildman–Crippen MR) is 114 cm³/mol. The number of likely N-dealkylation sites (tertiary alicyclic amines) is 1. The van der Waals surface area contributed by atoms with Crippen LogP contribution in [-0.2, 0) is 21.5 Å². The molecule has 1 aliphatic heterocycles. The largest absolute Gasteiger partial charge is 0.491 e. The van der Waals surface area contributed by atoms with Crippen molar-refractivity contribution in [3.63, 3.8) is 0 Å². The number of ether oxygens (including phenoxy) is 1. The molecule has 1 atom stereocenters. The summed E-state index contributed by atoms with van der Waals surface area (Å²) in [6.07, 6.45) is -3.77. The molecule has 34 heavy (non-hydrogen) atoms. The molecule has 1 amide bonds. The topological polar surface area (TPSA) is 118 Å². The van der Waals surface area contributed by atoms with Gasteiger partial charge in [-0.2, -0.15) is 13.2 Å². The number of aromatic nitrogens is 2. The van der Waals surface area contributed by atoms with Gasteiger partial charge in [0, 0.05) is 30.6 Å². The molecule has 2 aromatic heterocycles. The minimum atomic E-state index is -5.18. The molecule has 186 valence electrons. The Hall–Kier alpha value is -3.15. The van der Waals surface area contributed by atoms with Crippen molar-refractivity contribution in [1.82, 2.24) is 14.9 Å². The third-order valence-electron chi connectivity index (χ3n) is 5.39. The minimum absolute atomic E-state index is 0.156. The maximum Gasteiger partial charge on any atom is 0.491 e. The summed E-state index contributed by atoms with van der Waals surface area (Å²) in [5.74, 6) is -1.99.